The van der Waals surface area contributed by atoms with Gasteiger partial charge in [0.1, 0.15) is 0 Å². The van der Waals surface area contributed by atoms with E-state index >= 15 is 0 Å². The summed E-state index contributed by atoms with van der Waals surface area (Å²) in [6.45, 7) is 7.77. The Balaban J connectivity index is 2.24. The van der Waals surface area contributed by atoms with Crippen LogP contribution in [0.25, 0.3) is 0 Å². The van der Waals surface area contributed by atoms with Crippen molar-refractivity contribution < 1.29 is 19.2 Å². The topological polar surface area (TPSA) is 84.4 Å². The van der Waals surface area contributed by atoms with Gasteiger partial charge in [0.05, 0.1) is 24.0 Å². The van der Waals surface area contributed by atoms with Crippen molar-refractivity contribution in [1.29, 1.82) is 0 Å². The number of carboxylic acid groups (broad SMARTS) is 1. The smallest absolute Gasteiger partial charge is 0.468 e. The van der Waals surface area contributed by atoms with E-state index < -0.39 is 30.1 Å². The minimum absolute atomic E-state index is 0.0704. The normalized spacial score (nSPS) is 22.4. The number of hydrogen-bond acceptors (Lipinski definition) is 4. The van der Waals surface area contributed by atoms with Gasteiger partial charge in [-0.2, -0.15) is 0 Å². The standard InChI is InChI=1S/C12H19BN2O4/c1-11(2)12(3,4)19-13(18-11)8(5-10(16)17)9-6-14-7-15-9/h6-8H,5H2,1-4H3,(H,14,15)(H,16,17). The van der Waals surface area contributed by atoms with Crippen LogP contribution < -0.4 is 0 Å². The molecule has 0 aliphatic carbocycles. The average molecular weight is 266 g/mol. The number of aromatic nitrogens is 2. The third-order valence-electron chi connectivity index (χ3n) is 3.91. The number of nitrogens with zero attached hydrogens (tertiary/aromatic N) is 1. The molecular formula is C12H19BN2O4. The van der Waals surface area contributed by atoms with Crippen molar-refractivity contribution in [2.24, 2.45) is 0 Å². The van der Waals surface area contributed by atoms with Crippen LogP contribution in [0.4, 0.5) is 0 Å². The van der Waals surface area contributed by atoms with Crippen LogP contribution in [0.3, 0.4) is 0 Å². The summed E-state index contributed by atoms with van der Waals surface area (Å²) in [6, 6.07) is 0. The molecule has 1 saturated heterocycles. The third-order valence-corrected chi connectivity index (χ3v) is 3.91. The molecule has 19 heavy (non-hydrogen) atoms. The van der Waals surface area contributed by atoms with E-state index in [-0.39, 0.29) is 6.42 Å². The molecule has 0 bridgehead atoms. The van der Waals surface area contributed by atoms with E-state index in [1.807, 2.05) is 27.7 Å². The first-order valence-electron chi connectivity index (χ1n) is 6.28. The van der Waals surface area contributed by atoms with E-state index in [1.165, 1.54) is 6.33 Å². The van der Waals surface area contributed by atoms with Crippen LogP contribution in [-0.4, -0.2) is 39.4 Å². The van der Waals surface area contributed by atoms with Gasteiger partial charge in [-0.1, -0.05) is 0 Å². The fraction of sp³-hybridized carbons (Fsp3) is 0.667. The molecule has 1 aromatic heterocycles. The van der Waals surface area contributed by atoms with Gasteiger partial charge in [0, 0.05) is 17.7 Å². The molecule has 1 aromatic rings. The molecule has 1 aliphatic rings. The second-order valence-corrected chi connectivity index (χ2v) is 5.84. The Labute approximate surface area is 112 Å². The molecular weight excluding hydrogens is 247 g/mol. The zero-order valence-corrected chi connectivity index (χ0v) is 11.6. The summed E-state index contributed by atoms with van der Waals surface area (Å²) in [4.78, 5) is 17.9. The fourth-order valence-electron chi connectivity index (χ4n) is 2.06. The lowest BCUT2D eigenvalue weighted by Gasteiger charge is -2.32. The predicted molar refractivity (Wildman–Crippen MR) is 69.7 cm³/mol. The van der Waals surface area contributed by atoms with Gasteiger partial charge in [-0.15, -0.1) is 0 Å². The average Bonchev–Trinajstić information content (AvgIpc) is 2.82. The van der Waals surface area contributed by atoms with Gasteiger partial charge in [0.15, 0.2) is 0 Å². The Morgan fingerprint density at radius 1 is 1.42 bits per heavy atom. The Bertz CT molecular complexity index is 442. The maximum atomic E-state index is 11.0. The first-order chi connectivity index (χ1) is 8.73. The first kappa shape index (κ1) is 14.1. The van der Waals surface area contributed by atoms with Crippen LogP contribution in [-0.2, 0) is 14.1 Å². The lowest BCUT2D eigenvalue weighted by atomic mass is 9.68. The number of imidazole rings is 1. The summed E-state index contributed by atoms with van der Waals surface area (Å²) in [5.41, 5.74) is -0.246. The van der Waals surface area contributed by atoms with Crippen LogP contribution in [0.15, 0.2) is 12.5 Å². The molecule has 1 fully saturated rings. The van der Waals surface area contributed by atoms with E-state index in [4.69, 9.17) is 14.4 Å². The van der Waals surface area contributed by atoms with Crippen molar-refractivity contribution in [3.8, 4) is 0 Å². The summed E-state index contributed by atoms with van der Waals surface area (Å²) < 4.78 is 11.8. The van der Waals surface area contributed by atoms with Crippen LogP contribution >= 0.6 is 0 Å². The molecule has 7 heteroatoms. The summed E-state index contributed by atoms with van der Waals surface area (Å²) in [5, 5.41) is 9.06. The second kappa shape index (κ2) is 4.65. The second-order valence-electron chi connectivity index (χ2n) is 5.84. The minimum Gasteiger partial charge on any atom is -0.481 e. The zero-order valence-electron chi connectivity index (χ0n) is 11.6. The molecule has 0 aromatic carbocycles. The minimum atomic E-state index is -0.894. The van der Waals surface area contributed by atoms with Gasteiger partial charge in [0.2, 0.25) is 0 Å². The number of rotatable bonds is 4. The van der Waals surface area contributed by atoms with Gasteiger partial charge >= 0.3 is 13.1 Å². The Kier molecular flexibility index (Phi) is 3.44. The van der Waals surface area contributed by atoms with Crippen molar-refractivity contribution in [2.75, 3.05) is 0 Å². The molecule has 2 N–H and O–H groups in total. The fourth-order valence-corrected chi connectivity index (χ4v) is 2.06. The van der Waals surface area contributed by atoms with E-state index in [2.05, 4.69) is 9.97 Å². The van der Waals surface area contributed by atoms with E-state index in [9.17, 15) is 4.79 Å². The number of carbonyl (C=O) groups is 1. The highest BCUT2D eigenvalue weighted by molar-refractivity contribution is 6.48. The number of hydrogen-bond donors (Lipinski definition) is 2. The Hall–Kier alpha value is -1.34. The third kappa shape index (κ3) is 2.67. The number of H-pyrrole nitrogens is 1. The van der Waals surface area contributed by atoms with Crippen molar-refractivity contribution >= 4 is 13.1 Å². The molecule has 1 unspecified atom stereocenters. The van der Waals surface area contributed by atoms with Gasteiger partial charge in [-0.05, 0) is 27.7 Å². The number of aliphatic carboxylic acids is 1. The molecule has 0 radical (unpaired) electrons. The first-order valence-corrected chi connectivity index (χ1v) is 6.28. The molecule has 0 spiro atoms. The molecule has 1 atom stereocenters. The quantitative estimate of drug-likeness (QED) is 0.808. The van der Waals surface area contributed by atoms with Crippen LogP contribution in [0.2, 0.25) is 0 Å². The maximum Gasteiger partial charge on any atom is 0.468 e. The lowest BCUT2D eigenvalue weighted by Crippen LogP contribution is -2.41. The lowest BCUT2D eigenvalue weighted by molar-refractivity contribution is -0.137. The predicted octanol–water partition coefficient (Wildman–Crippen LogP) is 1.60. The highest BCUT2D eigenvalue weighted by atomic mass is 16.7. The van der Waals surface area contributed by atoms with Crippen molar-refractivity contribution in [3.63, 3.8) is 0 Å². The molecule has 2 heterocycles. The Morgan fingerprint density at radius 3 is 2.42 bits per heavy atom. The van der Waals surface area contributed by atoms with E-state index in [1.54, 1.807) is 6.20 Å². The van der Waals surface area contributed by atoms with E-state index in [0.29, 0.717) is 5.69 Å². The van der Waals surface area contributed by atoms with Gasteiger partial charge < -0.3 is 19.4 Å². The SMILES string of the molecule is CC1(C)OB(C(CC(=O)O)c2cnc[nH]2)OC1(C)C. The largest absolute Gasteiger partial charge is 0.481 e. The summed E-state index contributed by atoms with van der Waals surface area (Å²) in [5.74, 6) is -1.30. The monoisotopic (exact) mass is 266 g/mol. The Morgan fingerprint density at radius 2 is 2.00 bits per heavy atom. The van der Waals surface area contributed by atoms with Crippen molar-refractivity contribution in [3.05, 3.63) is 18.2 Å². The number of aromatic amines is 1. The highest BCUT2D eigenvalue weighted by Crippen LogP contribution is 2.41. The molecule has 104 valence electrons. The highest BCUT2D eigenvalue weighted by Gasteiger charge is 2.54. The molecule has 0 amide bonds. The molecule has 6 nitrogen and oxygen atoms in total. The molecule has 1 aliphatic heterocycles. The summed E-state index contributed by atoms with van der Waals surface area (Å²) in [7, 11) is -0.596. The zero-order chi connectivity index (χ0) is 14.3. The van der Waals surface area contributed by atoms with Gasteiger partial charge in [-0.3, -0.25) is 4.79 Å². The van der Waals surface area contributed by atoms with Crippen LogP contribution in [0, 0.1) is 0 Å². The maximum absolute atomic E-state index is 11.0. The van der Waals surface area contributed by atoms with Crippen molar-refractivity contribution in [1.82, 2.24) is 9.97 Å². The number of carboxylic acids is 1. The van der Waals surface area contributed by atoms with Gasteiger partial charge in [0.25, 0.3) is 0 Å². The molecule has 2 rings (SSSR count). The van der Waals surface area contributed by atoms with Gasteiger partial charge in [-0.25, -0.2) is 4.98 Å². The van der Waals surface area contributed by atoms with Crippen molar-refractivity contribution in [2.45, 2.75) is 51.1 Å². The number of nitrogens with one attached hydrogen (secondary N) is 1. The summed E-state index contributed by atoms with van der Waals surface area (Å²) in [6.07, 6.45) is 3.06. The molecule has 0 saturated carbocycles. The summed E-state index contributed by atoms with van der Waals surface area (Å²) >= 11 is 0. The van der Waals surface area contributed by atoms with Crippen LogP contribution in [0.5, 0.6) is 0 Å². The van der Waals surface area contributed by atoms with E-state index in [0.717, 1.165) is 0 Å². The van der Waals surface area contributed by atoms with Crippen LogP contribution in [0.1, 0.15) is 45.6 Å².